The fraction of sp³-hybridized carbons (Fsp3) is 0.950. The number of hydrogen-bond acceptors (Lipinski definition) is 3. The van der Waals surface area contributed by atoms with Crippen LogP contribution in [0.4, 0.5) is 0 Å². The summed E-state index contributed by atoms with van der Waals surface area (Å²) in [5.74, 6) is 0.341. The number of hydrogen-bond donors (Lipinski definition) is 0. The van der Waals surface area contributed by atoms with E-state index in [4.69, 9.17) is 0 Å². The van der Waals surface area contributed by atoms with Gasteiger partial charge < -0.3 is 9.80 Å². The van der Waals surface area contributed by atoms with E-state index in [9.17, 15) is 4.79 Å². The topological polar surface area (TPSA) is 26.8 Å². The maximum Gasteiger partial charge on any atom is 0.236 e. The standard InChI is InChI=1S/C20H39N3O/c1-6-7-10-21-13-15-22(16-14-21)17-18(24)23-11-8-20(5,9-12-23)19(2,3)4/h6-17H2,1-5H3. The van der Waals surface area contributed by atoms with Crippen molar-refractivity contribution in [1.29, 1.82) is 0 Å². The minimum absolute atomic E-state index is 0.316. The van der Waals surface area contributed by atoms with Gasteiger partial charge in [-0.05, 0) is 36.6 Å². The second-order valence-electron chi connectivity index (χ2n) is 9.16. The number of amides is 1. The minimum Gasteiger partial charge on any atom is -0.342 e. The molecule has 0 unspecified atom stereocenters. The van der Waals surface area contributed by atoms with Crippen LogP contribution >= 0.6 is 0 Å². The third-order valence-electron chi connectivity index (χ3n) is 6.68. The first kappa shape index (κ1) is 19.7. The molecule has 2 fully saturated rings. The number of carbonyl (C=O) groups is 1. The first-order chi connectivity index (χ1) is 11.2. The SMILES string of the molecule is CCCCN1CCN(CC(=O)N2CCC(C)(C(C)(C)C)CC2)CC1. The average molecular weight is 338 g/mol. The highest BCUT2D eigenvalue weighted by Crippen LogP contribution is 2.46. The van der Waals surface area contributed by atoms with Crippen molar-refractivity contribution in [3.63, 3.8) is 0 Å². The summed E-state index contributed by atoms with van der Waals surface area (Å²) in [6.45, 7) is 19.7. The second kappa shape index (κ2) is 8.18. The predicted molar refractivity (Wildman–Crippen MR) is 101 cm³/mol. The quantitative estimate of drug-likeness (QED) is 0.771. The van der Waals surface area contributed by atoms with Gasteiger partial charge in [0.1, 0.15) is 0 Å². The van der Waals surface area contributed by atoms with Gasteiger partial charge in [-0.2, -0.15) is 0 Å². The van der Waals surface area contributed by atoms with Crippen LogP contribution in [0.5, 0.6) is 0 Å². The number of rotatable bonds is 5. The van der Waals surface area contributed by atoms with Crippen molar-refractivity contribution in [2.24, 2.45) is 10.8 Å². The molecule has 0 aromatic heterocycles. The number of piperidine rings is 1. The lowest BCUT2D eigenvalue weighted by Crippen LogP contribution is -2.52. The Morgan fingerprint density at radius 3 is 2.00 bits per heavy atom. The monoisotopic (exact) mass is 337 g/mol. The van der Waals surface area contributed by atoms with Gasteiger partial charge in [-0.25, -0.2) is 0 Å². The summed E-state index contributed by atoms with van der Waals surface area (Å²) in [5.41, 5.74) is 0.672. The highest BCUT2D eigenvalue weighted by atomic mass is 16.2. The van der Waals surface area contributed by atoms with E-state index in [0.717, 1.165) is 52.1 Å². The van der Waals surface area contributed by atoms with Crippen LogP contribution < -0.4 is 0 Å². The van der Waals surface area contributed by atoms with Crippen LogP contribution in [0.3, 0.4) is 0 Å². The highest BCUT2D eigenvalue weighted by Gasteiger charge is 2.40. The van der Waals surface area contributed by atoms with Crippen molar-refractivity contribution >= 4 is 5.91 Å². The van der Waals surface area contributed by atoms with E-state index in [0.29, 0.717) is 23.3 Å². The van der Waals surface area contributed by atoms with Crippen LogP contribution in [-0.2, 0) is 4.79 Å². The molecule has 2 rings (SSSR count). The molecule has 2 saturated heterocycles. The van der Waals surface area contributed by atoms with E-state index in [1.807, 2.05) is 0 Å². The lowest BCUT2D eigenvalue weighted by molar-refractivity contribution is -0.136. The first-order valence-electron chi connectivity index (χ1n) is 9.98. The van der Waals surface area contributed by atoms with Gasteiger partial charge in [-0.3, -0.25) is 9.69 Å². The zero-order chi connectivity index (χ0) is 17.8. The van der Waals surface area contributed by atoms with Gasteiger partial charge in [0.2, 0.25) is 5.91 Å². The average Bonchev–Trinajstić information content (AvgIpc) is 2.54. The Balaban J connectivity index is 1.73. The van der Waals surface area contributed by atoms with E-state index in [2.05, 4.69) is 49.3 Å². The van der Waals surface area contributed by atoms with Gasteiger partial charge in [-0.15, -0.1) is 0 Å². The maximum atomic E-state index is 12.7. The fourth-order valence-electron chi connectivity index (χ4n) is 3.84. The number of likely N-dealkylation sites (tertiary alicyclic amines) is 1. The largest absolute Gasteiger partial charge is 0.342 e. The molecule has 2 heterocycles. The Labute approximate surface area is 149 Å². The summed E-state index contributed by atoms with van der Waals surface area (Å²) in [6, 6.07) is 0. The number of piperazine rings is 1. The number of carbonyl (C=O) groups excluding carboxylic acids is 1. The van der Waals surface area contributed by atoms with Crippen LogP contribution in [0, 0.1) is 10.8 Å². The molecule has 2 aliphatic heterocycles. The number of nitrogens with zero attached hydrogens (tertiary/aromatic N) is 3. The summed E-state index contributed by atoms with van der Waals surface area (Å²) in [5, 5.41) is 0. The third-order valence-corrected chi connectivity index (χ3v) is 6.68. The molecule has 4 nitrogen and oxygen atoms in total. The Hall–Kier alpha value is -0.610. The van der Waals surface area contributed by atoms with Crippen molar-refractivity contribution < 1.29 is 4.79 Å². The lowest BCUT2D eigenvalue weighted by Gasteiger charge is -2.48. The highest BCUT2D eigenvalue weighted by molar-refractivity contribution is 5.78. The molecular formula is C20H39N3O. The van der Waals surface area contributed by atoms with Crippen molar-refractivity contribution in [2.45, 2.75) is 60.3 Å². The Morgan fingerprint density at radius 2 is 1.50 bits per heavy atom. The molecule has 0 radical (unpaired) electrons. The molecule has 140 valence electrons. The number of unbranched alkanes of at least 4 members (excludes halogenated alkanes) is 1. The van der Waals surface area contributed by atoms with Gasteiger partial charge in [0.05, 0.1) is 6.54 Å². The third kappa shape index (κ3) is 4.95. The van der Waals surface area contributed by atoms with Crippen LogP contribution in [-0.4, -0.2) is 73.0 Å². The van der Waals surface area contributed by atoms with Gasteiger partial charge in [0, 0.05) is 39.3 Å². The van der Waals surface area contributed by atoms with Crippen LogP contribution in [0.2, 0.25) is 0 Å². The van der Waals surface area contributed by atoms with E-state index < -0.39 is 0 Å². The summed E-state index contributed by atoms with van der Waals surface area (Å²) >= 11 is 0. The second-order valence-corrected chi connectivity index (χ2v) is 9.16. The fourth-order valence-corrected chi connectivity index (χ4v) is 3.84. The Kier molecular flexibility index (Phi) is 6.72. The van der Waals surface area contributed by atoms with Crippen molar-refractivity contribution in [3.05, 3.63) is 0 Å². The molecule has 0 spiro atoms. The molecule has 2 aliphatic rings. The van der Waals surface area contributed by atoms with Crippen molar-refractivity contribution in [1.82, 2.24) is 14.7 Å². The van der Waals surface area contributed by atoms with Crippen molar-refractivity contribution in [3.8, 4) is 0 Å². The molecule has 0 N–H and O–H groups in total. The van der Waals surface area contributed by atoms with E-state index in [-0.39, 0.29) is 0 Å². The molecule has 0 aliphatic carbocycles. The van der Waals surface area contributed by atoms with E-state index in [1.54, 1.807) is 0 Å². The van der Waals surface area contributed by atoms with Crippen LogP contribution in [0.1, 0.15) is 60.3 Å². The predicted octanol–water partition coefficient (Wildman–Crippen LogP) is 3.08. The smallest absolute Gasteiger partial charge is 0.236 e. The van der Waals surface area contributed by atoms with E-state index in [1.165, 1.54) is 19.4 Å². The lowest BCUT2D eigenvalue weighted by atomic mass is 9.63. The molecular weight excluding hydrogens is 298 g/mol. The molecule has 0 atom stereocenters. The minimum atomic E-state index is 0.316. The van der Waals surface area contributed by atoms with Gasteiger partial charge in [-0.1, -0.05) is 41.0 Å². The summed E-state index contributed by atoms with van der Waals surface area (Å²) < 4.78 is 0. The Morgan fingerprint density at radius 1 is 0.958 bits per heavy atom. The summed E-state index contributed by atoms with van der Waals surface area (Å²) in [4.78, 5) is 19.7. The van der Waals surface area contributed by atoms with Crippen molar-refractivity contribution in [2.75, 3.05) is 52.4 Å². The zero-order valence-corrected chi connectivity index (χ0v) is 16.7. The van der Waals surface area contributed by atoms with Gasteiger partial charge in [0.25, 0.3) is 0 Å². The molecule has 0 aromatic rings. The zero-order valence-electron chi connectivity index (χ0n) is 16.7. The molecule has 0 saturated carbocycles. The van der Waals surface area contributed by atoms with E-state index >= 15 is 0 Å². The first-order valence-corrected chi connectivity index (χ1v) is 9.98. The van der Waals surface area contributed by atoms with Gasteiger partial charge in [0.15, 0.2) is 0 Å². The van der Waals surface area contributed by atoms with Crippen LogP contribution in [0.25, 0.3) is 0 Å². The summed E-state index contributed by atoms with van der Waals surface area (Å²) in [6.07, 6.45) is 4.82. The molecule has 0 bridgehead atoms. The molecule has 24 heavy (non-hydrogen) atoms. The Bertz CT molecular complexity index is 400. The van der Waals surface area contributed by atoms with Gasteiger partial charge >= 0.3 is 0 Å². The maximum absolute atomic E-state index is 12.7. The van der Waals surface area contributed by atoms with Crippen LogP contribution in [0.15, 0.2) is 0 Å². The normalized spacial score (nSPS) is 23.5. The molecule has 0 aromatic carbocycles. The molecule has 4 heteroatoms. The summed E-state index contributed by atoms with van der Waals surface area (Å²) in [7, 11) is 0. The molecule has 1 amide bonds.